The number of aromatic amines is 1. The van der Waals surface area contributed by atoms with Gasteiger partial charge in [-0.3, -0.25) is 0 Å². The van der Waals surface area contributed by atoms with Gasteiger partial charge < -0.3 is 15.4 Å². The van der Waals surface area contributed by atoms with Crippen LogP contribution in [0.3, 0.4) is 0 Å². The molecule has 2 heterocycles. The lowest BCUT2D eigenvalue weighted by Crippen LogP contribution is -2.13. The zero-order valence-corrected chi connectivity index (χ0v) is 11.3. The van der Waals surface area contributed by atoms with Crippen LogP contribution >= 0.6 is 11.9 Å². The lowest BCUT2D eigenvalue weighted by molar-refractivity contribution is 0.742. The Balaban J connectivity index is 1.88. The molecule has 3 rings (SSSR count). The molecule has 0 fully saturated rings. The van der Waals surface area contributed by atoms with Crippen LogP contribution < -0.4 is 10.5 Å². The number of nitrogens with one attached hydrogen (secondary N) is 2. The highest BCUT2D eigenvalue weighted by Crippen LogP contribution is 2.30. The number of nitrogen functional groups attached to an aromatic ring is 1. The van der Waals surface area contributed by atoms with Gasteiger partial charge in [0.25, 0.3) is 0 Å². The molecular formula is C14H16N4S. The fourth-order valence-corrected chi connectivity index (χ4v) is 3.02. The molecule has 1 aromatic carbocycles. The minimum absolute atomic E-state index is 0.252. The number of nitrogens with zero attached hydrogens (tertiary/aromatic N) is 1. The summed E-state index contributed by atoms with van der Waals surface area (Å²) in [7, 11) is 0. The summed E-state index contributed by atoms with van der Waals surface area (Å²) in [4.78, 5) is 7.26. The summed E-state index contributed by atoms with van der Waals surface area (Å²) in [5, 5.41) is 0. The van der Waals surface area contributed by atoms with Crippen molar-refractivity contribution in [2.75, 3.05) is 11.5 Å². The van der Waals surface area contributed by atoms with Gasteiger partial charge in [-0.2, -0.15) is 0 Å². The van der Waals surface area contributed by atoms with Crippen LogP contribution in [0, 0.1) is 0 Å². The SMILES string of the molecule is Nc1ncc(C(Cc2ccccc2)C2=CCSN2)[nH]1. The molecule has 19 heavy (non-hydrogen) atoms. The highest BCUT2D eigenvalue weighted by molar-refractivity contribution is 7.97. The molecular weight excluding hydrogens is 256 g/mol. The molecule has 1 aromatic heterocycles. The van der Waals surface area contributed by atoms with E-state index in [1.807, 2.05) is 12.3 Å². The third-order valence-electron chi connectivity index (χ3n) is 3.23. The second-order valence-electron chi connectivity index (χ2n) is 4.54. The number of aromatic nitrogens is 2. The molecule has 0 spiro atoms. The van der Waals surface area contributed by atoms with Gasteiger partial charge in [-0.1, -0.05) is 36.4 Å². The van der Waals surface area contributed by atoms with Gasteiger partial charge in [-0.05, 0) is 23.9 Å². The van der Waals surface area contributed by atoms with E-state index < -0.39 is 0 Å². The number of benzene rings is 1. The van der Waals surface area contributed by atoms with Gasteiger partial charge in [0.1, 0.15) is 0 Å². The molecule has 0 radical (unpaired) electrons. The maximum Gasteiger partial charge on any atom is 0.197 e. The summed E-state index contributed by atoms with van der Waals surface area (Å²) in [6.45, 7) is 0. The summed E-state index contributed by atoms with van der Waals surface area (Å²) < 4.78 is 3.37. The van der Waals surface area contributed by atoms with E-state index in [2.05, 4.69) is 45.0 Å². The molecule has 1 aliphatic heterocycles. The van der Waals surface area contributed by atoms with E-state index in [9.17, 15) is 0 Å². The predicted molar refractivity (Wildman–Crippen MR) is 79.6 cm³/mol. The molecule has 4 N–H and O–H groups in total. The number of H-pyrrole nitrogens is 1. The van der Waals surface area contributed by atoms with Crippen LogP contribution in [0.15, 0.2) is 48.3 Å². The van der Waals surface area contributed by atoms with Crippen LogP contribution in [0.1, 0.15) is 17.2 Å². The van der Waals surface area contributed by atoms with Gasteiger partial charge in [0.15, 0.2) is 5.95 Å². The number of hydrogen-bond acceptors (Lipinski definition) is 4. The molecule has 1 aliphatic rings. The fraction of sp³-hybridized carbons (Fsp3) is 0.214. The number of hydrogen-bond donors (Lipinski definition) is 3. The summed E-state index contributed by atoms with van der Waals surface area (Å²) in [6.07, 6.45) is 4.99. The number of allylic oxidation sites excluding steroid dienone is 1. The van der Waals surface area contributed by atoms with Crippen LogP contribution in [0.5, 0.6) is 0 Å². The average molecular weight is 272 g/mol. The van der Waals surface area contributed by atoms with Gasteiger partial charge in [-0.25, -0.2) is 4.98 Å². The normalized spacial score (nSPS) is 15.9. The van der Waals surface area contributed by atoms with Crippen molar-refractivity contribution in [1.29, 1.82) is 0 Å². The molecule has 0 saturated carbocycles. The van der Waals surface area contributed by atoms with E-state index in [0.29, 0.717) is 5.95 Å². The lowest BCUT2D eigenvalue weighted by atomic mass is 9.93. The Morgan fingerprint density at radius 2 is 2.16 bits per heavy atom. The van der Waals surface area contributed by atoms with Crippen LogP contribution in [0.25, 0.3) is 0 Å². The van der Waals surface area contributed by atoms with Crippen LogP contribution in [0.2, 0.25) is 0 Å². The number of rotatable bonds is 4. The van der Waals surface area contributed by atoms with Gasteiger partial charge in [0.05, 0.1) is 6.20 Å². The zero-order chi connectivity index (χ0) is 13.1. The molecule has 0 aliphatic carbocycles. The quantitative estimate of drug-likeness (QED) is 0.748. The van der Waals surface area contributed by atoms with Gasteiger partial charge >= 0.3 is 0 Å². The molecule has 4 nitrogen and oxygen atoms in total. The fourth-order valence-electron chi connectivity index (χ4n) is 2.28. The second-order valence-corrected chi connectivity index (χ2v) is 5.36. The average Bonchev–Trinajstić information content (AvgIpc) is 3.09. The highest BCUT2D eigenvalue weighted by atomic mass is 32.2. The molecule has 1 unspecified atom stereocenters. The van der Waals surface area contributed by atoms with Crippen molar-refractivity contribution >= 4 is 17.9 Å². The van der Waals surface area contributed by atoms with E-state index in [1.165, 1.54) is 11.3 Å². The molecule has 98 valence electrons. The first-order valence-electron chi connectivity index (χ1n) is 6.25. The first-order chi connectivity index (χ1) is 9.33. The van der Waals surface area contributed by atoms with Crippen molar-refractivity contribution in [1.82, 2.24) is 14.7 Å². The van der Waals surface area contributed by atoms with Crippen molar-refractivity contribution in [2.45, 2.75) is 12.3 Å². The van der Waals surface area contributed by atoms with Crippen molar-refractivity contribution in [2.24, 2.45) is 0 Å². The van der Waals surface area contributed by atoms with E-state index in [0.717, 1.165) is 17.9 Å². The number of nitrogens with two attached hydrogens (primary N) is 1. The molecule has 2 aromatic rings. The van der Waals surface area contributed by atoms with E-state index in [1.54, 1.807) is 11.9 Å². The molecule has 0 bridgehead atoms. The van der Waals surface area contributed by atoms with Crippen molar-refractivity contribution in [3.63, 3.8) is 0 Å². The summed E-state index contributed by atoms with van der Waals surface area (Å²) in [5.41, 5.74) is 9.29. The lowest BCUT2D eigenvalue weighted by Gasteiger charge is -2.17. The maximum absolute atomic E-state index is 5.70. The minimum Gasteiger partial charge on any atom is -0.369 e. The standard InChI is InChI=1S/C14H16N4S/c15-14-16-9-13(17-14)11(12-6-7-19-18-12)8-10-4-2-1-3-5-10/h1-6,9,11,18H,7-8H2,(H3,15,16,17). The Kier molecular flexibility index (Phi) is 3.46. The Morgan fingerprint density at radius 3 is 2.79 bits per heavy atom. The number of anilines is 1. The third-order valence-corrected chi connectivity index (χ3v) is 3.94. The summed E-state index contributed by atoms with van der Waals surface area (Å²) >= 11 is 1.71. The largest absolute Gasteiger partial charge is 0.369 e. The van der Waals surface area contributed by atoms with Crippen molar-refractivity contribution in [3.05, 3.63) is 59.6 Å². The Labute approximate surface area is 116 Å². The minimum atomic E-state index is 0.252. The third kappa shape index (κ3) is 2.76. The smallest absolute Gasteiger partial charge is 0.197 e. The van der Waals surface area contributed by atoms with Crippen LogP contribution in [-0.4, -0.2) is 15.7 Å². The molecule has 5 heteroatoms. The maximum atomic E-state index is 5.70. The second kappa shape index (κ2) is 5.40. The van der Waals surface area contributed by atoms with E-state index >= 15 is 0 Å². The summed E-state index contributed by atoms with van der Waals surface area (Å²) in [6, 6.07) is 10.5. The predicted octanol–water partition coefficient (Wildman–Crippen LogP) is 2.45. The number of imidazole rings is 1. The van der Waals surface area contributed by atoms with E-state index in [-0.39, 0.29) is 5.92 Å². The van der Waals surface area contributed by atoms with Crippen molar-refractivity contribution in [3.8, 4) is 0 Å². The monoisotopic (exact) mass is 272 g/mol. The zero-order valence-electron chi connectivity index (χ0n) is 10.5. The topological polar surface area (TPSA) is 66.7 Å². The van der Waals surface area contributed by atoms with Gasteiger partial charge in [-0.15, -0.1) is 0 Å². The van der Waals surface area contributed by atoms with Crippen molar-refractivity contribution < 1.29 is 0 Å². The Bertz CT molecular complexity index is 576. The van der Waals surface area contributed by atoms with Crippen LogP contribution in [0.4, 0.5) is 5.95 Å². The van der Waals surface area contributed by atoms with E-state index in [4.69, 9.17) is 5.73 Å². The highest BCUT2D eigenvalue weighted by Gasteiger charge is 2.21. The van der Waals surface area contributed by atoms with Gasteiger partial charge in [0, 0.05) is 23.1 Å². The van der Waals surface area contributed by atoms with Gasteiger partial charge in [0.2, 0.25) is 0 Å². The Morgan fingerprint density at radius 1 is 1.32 bits per heavy atom. The molecule has 0 saturated heterocycles. The summed E-state index contributed by atoms with van der Waals surface area (Å²) in [5.74, 6) is 1.73. The first kappa shape index (κ1) is 12.2. The Hall–Kier alpha value is -1.88. The molecule has 1 atom stereocenters. The first-order valence-corrected chi connectivity index (χ1v) is 7.23. The molecule has 0 amide bonds. The van der Waals surface area contributed by atoms with Crippen LogP contribution in [-0.2, 0) is 6.42 Å².